The number of benzene rings is 1. The minimum atomic E-state index is -0.393. The molecule has 0 aromatic heterocycles. The van der Waals surface area contributed by atoms with Gasteiger partial charge in [0.25, 0.3) is 0 Å². The third-order valence-electron chi connectivity index (χ3n) is 8.61. The van der Waals surface area contributed by atoms with Crippen molar-refractivity contribution < 1.29 is 14.3 Å². The van der Waals surface area contributed by atoms with E-state index in [1.807, 2.05) is 43.0 Å². The summed E-state index contributed by atoms with van der Waals surface area (Å²) in [6.07, 6.45) is 3.95. The Morgan fingerprint density at radius 3 is 2.30 bits per heavy atom. The van der Waals surface area contributed by atoms with Crippen LogP contribution in [0.4, 0.5) is 0 Å². The summed E-state index contributed by atoms with van der Waals surface area (Å²) in [6, 6.07) is 10.1. The fourth-order valence-corrected chi connectivity index (χ4v) is 5.91. The van der Waals surface area contributed by atoms with Crippen LogP contribution in [0.3, 0.4) is 0 Å². The number of hydrogen-bond acceptors (Lipinski definition) is 5. The second-order valence-corrected chi connectivity index (χ2v) is 13.4. The molecule has 1 fully saturated rings. The topological polar surface area (TPSA) is 73.9 Å². The van der Waals surface area contributed by atoms with Crippen LogP contribution < -0.4 is 10.6 Å². The zero-order valence-corrected chi connectivity index (χ0v) is 27.0. The van der Waals surface area contributed by atoms with E-state index < -0.39 is 6.04 Å². The van der Waals surface area contributed by atoms with Crippen LogP contribution in [0.2, 0.25) is 0 Å². The van der Waals surface area contributed by atoms with E-state index in [0.29, 0.717) is 18.7 Å². The number of likely N-dealkylation sites (N-methyl/N-ethyl adjacent to an activating group) is 2. The van der Waals surface area contributed by atoms with E-state index in [-0.39, 0.29) is 46.7 Å². The predicted octanol–water partition coefficient (Wildman–Crippen LogP) is 4.62. The Hall–Kier alpha value is -2.22. The fraction of sp³-hybridized carbons (Fsp3) is 0.697. The average Bonchev–Trinajstić information content (AvgIpc) is 3.36. The quantitative estimate of drug-likeness (QED) is 0.347. The van der Waals surface area contributed by atoms with Crippen molar-refractivity contribution in [1.29, 1.82) is 0 Å². The first-order chi connectivity index (χ1) is 18.7. The van der Waals surface area contributed by atoms with E-state index in [4.69, 9.17) is 4.74 Å². The van der Waals surface area contributed by atoms with Crippen molar-refractivity contribution in [3.63, 3.8) is 0 Å². The molecule has 40 heavy (non-hydrogen) atoms. The molecular formula is C33H56N4O3. The van der Waals surface area contributed by atoms with Gasteiger partial charge in [0.2, 0.25) is 11.8 Å². The molecule has 1 aliphatic rings. The lowest BCUT2D eigenvalue weighted by atomic mass is 9.77. The number of likely N-dealkylation sites (tertiary alicyclic amines) is 1. The lowest BCUT2D eigenvalue weighted by Crippen LogP contribution is -2.59. The highest BCUT2D eigenvalue weighted by Crippen LogP contribution is 2.29. The molecule has 1 aliphatic heterocycles. The molecule has 0 aliphatic carbocycles. The molecule has 1 heterocycles. The third-order valence-corrected chi connectivity index (χ3v) is 8.61. The van der Waals surface area contributed by atoms with Crippen LogP contribution in [-0.2, 0) is 19.7 Å². The van der Waals surface area contributed by atoms with Gasteiger partial charge in [-0.15, -0.1) is 0 Å². The van der Waals surface area contributed by atoms with Crippen LogP contribution in [0.15, 0.2) is 42.0 Å². The smallest absolute Gasteiger partial charge is 0.249 e. The van der Waals surface area contributed by atoms with Gasteiger partial charge in [-0.1, -0.05) is 84.9 Å². The average molecular weight is 557 g/mol. The van der Waals surface area contributed by atoms with Crippen LogP contribution in [0, 0.1) is 11.3 Å². The Kier molecular flexibility index (Phi) is 12.4. The van der Waals surface area contributed by atoms with Gasteiger partial charge in [-0.3, -0.25) is 9.59 Å². The van der Waals surface area contributed by atoms with E-state index in [2.05, 4.69) is 83.4 Å². The number of hydrogen-bond donors (Lipinski definition) is 2. The van der Waals surface area contributed by atoms with Crippen LogP contribution in [0.5, 0.6) is 0 Å². The third kappa shape index (κ3) is 8.40. The molecule has 7 heteroatoms. The van der Waals surface area contributed by atoms with Crippen molar-refractivity contribution in [2.24, 2.45) is 11.3 Å². The van der Waals surface area contributed by atoms with Crippen molar-refractivity contribution in [2.45, 2.75) is 97.8 Å². The molecule has 4 atom stereocenters. The summed E-state index contributed by atoms with van der Waals surface area (Å²) in [4.78, 5) is 31.2. The van der Waals surface area contributed by atoms with Gasteiger partial charge in [0, 0.05) is 44.3 Å². The zero-order chi connectivity index (χ0) is 30.3. The van der Waals surface area contributed by atoms with Crippen molar-refractivity contribution in [2.75, 3.05) is 40.9 Å². The fourth-order valence-electron chi connectivity index (χ4n) is 5.91. The first-order valence-corrected chi connectivity index (χ1v) is 14.9. The van der Waals surface area contributed by atoms with E-state index in [9.17, 15) is 9.59 Å². The molecule has 226 valence electrons. The summed E-state index contributed by atoms with van der Waals surface area (Å²) < 4.78 is 5.35. The second-order valence-electron chi connectivity index (χ2n) is 13.4. The number of carbonyl (C=O) groups excluding carboxylic acids is 2. The molecule has 0 saturated carbocycles. The highest BCUT2D eigenvalue weighted by Gasteiger charge is 2.38. The Balaban J connectivity index is 2.25. The molecule has 2 amide bonds. The van der Waals surface area contributed by atoms with Gasteiger partial charge in [-0.2, -0.15) is 0 Å². The normalized spacial score (nSPS) is 19.1. The second kappa shape index (κ2) is 14.6. The minimum absolute atomic E-state index is 0.0356. The van der Waals surface area contributed by atoms with Crippen molar-refractivity contribution in [3.05, 3.63) is 47.5 Å². The molecule has 1 aromatic carbocycles. The number of rotatable bonds is 13. The summed E-state index contributed by atoms with van der Waals surface area (Å²) >= 11 is 0. The number of carbonyl (C=O) groups is 2. The van der Waals surface area contributed by atoms with Gasteiger partial charge >= 0.3 is 0 Å². The van der Waals surface area contributed by atoms with Crippen LogP contribution in [0.25, 0.3) is 0 Å². The number of methoxy groups -OCH3 is 1. The van der Waals surface area contributed by atoms with Crippen molar-refractivity contribution >= 4 is 11.8 Å². The van der Waals surface area contributed by atoms with Crippen molar-refractivity contribution in [3.8, 4) is 0 Å². The first kappa shape index (κ1) is 34.0. The molecule has 1 aromatic rings. The standard InChI is InChI=1S/C33H56N4O3/c1-23(2)27(20-24(3)30(38)37-19-15-18-26(37)22-40-11)36(10)31(39)29(32(4,5)6)35-21-28(34-9)33(7,8)25-16-13-12-14-17-25/h12-14,16-17,20,23,26-29,34-35H,15,18-19,21-22H2,1-11H3/b24-20+. The van der Waals surface area contributed by atoms with Gasteiger partial charge in [0.15, 0.2) is 0 Å². The monoisotopic (exact) mass is 556 g/mol. The largest absolute Gasteiger partial charge is 0.383 e. The van der Waals surface area contributed by atoms with Crippen LogP contribution in [-0.4, -0.2) is 86.7 Å². The Labute approximate surface area is 244 Å². The lowest BCUT2D eigenvalue weighted by molar-refractivity contribution is -0.137. The van der Waals surface area contributed by atoms with Gasteiger partial charge in [0.1, 0.15) is 0 Å². The maximum atomic E-state index is 14.1. The van der Waals surface area contributed by atoms with E-state index in [1.165, 1.54) is 5.56 Å². The lowest BCUT2D eigenvalue weighted by Gasteiger charge is -2.40. The number of amides is 2. The molecular weight excluding hydrogens is 500 g/mol. The van der Waals surface area contributed by atoms with Crippen molar-refractivity contribution in [1.82, 2.24) is 20.4 Å². The number of ether oxygens (including phenoxy) is 1. The van der Waals surface area contributed by atoms with E-state index in [0.717, 1.165) is 19.4 Å². The van der Waals surface area contributed by atoms with Crippen LogP contribution >= 0.6 is 0 Å². The Bertz CT molecular complexity index is 983. The van der Waals surface area contributed by atoms with Crippen LogP contribution in [0.1, 0.15) is 73.8 Å². The summed E-state index contributed by atoms with van der Waals surface area (Å²) in [6.45, 7) is 18.8. The number of nitrogens with zero attached hydrogens (tertiary/aromatic N) is 2. The highest BCUT2D eigenvalue weighted by atomic mass is 16.5. The Morgan fingerprint density at radius 2 is 1.77 bits per heavy atom. The van der Waals surface area contributed by atoms with Gasteiger partial charge < -0.3 is 25.2 Å². The maximum Gasteiger partial charge on any atom is 0.249 e. The molecule has 0 bridgehead atoms. The minimum Gasteiger partial charge on any atom is -0.383 e. The van der Waals surface area contributed by atoms with E-state index in [1.54, 1.807) is 7.11 Å². The summed E-state index contributed by atoms with van der Waals surface area (Å²) in [5.41, 5.74) is 1.49. The number of nitrogens with one attached hydrogen (secondary N) is 2. The molecule has 7 nitrogen and oxygen atoms in total. The van der Waals surface area contributed by atoms with Gasteiger partial charge in [-0.25, -0.2) is 0 Å². The maximum absolute atomic E-state index is 14.1. The van der Waals surface area contributed by atoms with Gasteiger partial charge in [0.05, 0.1) is 24.7 Å². The highest BCUT2D eigenvalue weighted by molar-refractivity contribution is 5.93. The molecule has 0 radical (unpaired) electrons. The molecule has 1 saturated heterocycles. The predicted molar refractivity (Wildman–Crippen MR) is 165 cm³/mol. The molecule has 2 rings (SSSR count). The summed E-state index contributed by atoms with van der Waals surface area (Å²) in [5.74, 6) is 0.220. The summed E-state index contributed by atoms with van der Waals surface area (Å²) in [7, 11) is 5.53. The SMILES string of the molecule is CNC(CNC(C(=O)N(C)C(/C=C(\C)C(=O)N1CCCC1COC)C(C)C)C(C)(C)C)C(C)(C)c1ccccc1. The molecule has 2 N–H and O–H groups in total. The summed E-state index contributed by atoms with van der Waals surface area (Å²) in [5, 5.41) is 7.12. The Morgan fingerprint density at radius 1 is 1.15 bits per heavy atom. The van der Waals surface area contributed by atoms with E-state index >= 15 is 0 Å². The molecule has 0 spiro atoms. The molecule has 4 unspecified atom stereocenters. The zero-order valence-electron chi connectivity index (χ0n) is 27.0. The van der Waals surface area contributed by atoms with Gasteiger partial charge in [-0.05, 0) is 43.7 Å². The first-order valence-electron chi connectivity index (χ1n) is 14.9.